The van der Waals surface area contributed by atoms with Crippen molar-refractivity contribution in [2.24, 2.45) is 0 Å². The van der Waals surface area contributed by atoms with Crippen LogP contribution in [0, 0.1) is 6.92 Å². The van der Waals surface area contributed by atoms with Crippen molar-refractivity contribution in [1.29, 1.82) is 0 Å². The van der Waals surface area contributed by atoms with Crippen LogP contribution in [0.2, 0.25) is 5.02 Å². The molecular formula is C22H23ClN4O3S. The molecule has 1 atom stereocenters. The smallest absolute Gasteiger partial charge is 0.245 e. The molecule has 1 amide bonds. The van der Waals surface area contributed by atoms with E-state index < -0.39 is 16.1 Å². The van der Waals surface area contributed by atoms with Crippen LogP contribution in [-0.2, 0) is 27.8 Å². The molecule has 2 aliphatic rings. The van der Waals surface area contributed by atoms with E-state index >= 15 is 0 Å². The zero-order valence-corrected chi connectivity index (χ0v) is 18.6. The molecule has 1 aromatic heterocycles. The molecule has 0 spiro atoms. The van der Waals surface area contributed by atoms with Crippen molar-refractivity contribution < 1.29 is 13.2 Å². The third-order valence-electron chi connectivity index (χ3n) is 6.11. The molecule has 3 heterocycles. The summed E-state index contributed by atoms with van der Waals surface area (Å²) in [4.78, 5) is 17.9. The van der Waals surface area contributed by atoms with E-state index in [9.17, 15) is 13.2 Å². The van der Waals surface area contributed by atoms with Gasteiger partial charge in [-0.25, -0.2) is 8.42 Å². The summed E-state index contributed by atoms with van der Waals surface area (Å²) >= 11 is 6.08. The van der Waals surface area contributed by atoms with Gasteiger partial charge in [0.05, 0.1) is 9.92 Å². The number of aryl methyl sites for hydroxylation is 1. The SMILES string of the molecule is Cc1cc2c(cc1N1CC[C@H](NS(=O)(=O)c3ccc4c(Cl)c[nH]c4c3)C1=O)CCNC2. The van der Waals surface area contributed by atoms with Gasteiger partial charge in [-0.2, -0.15) is 4.72 Å². The average Bonchev–Trinajstić information content (AvgIpc) is 3.30. The maximum Gasteiger partial charge on any atom is 0.245 e. The van der Waals surface area contributed by atoms with Gasteiger partial charge < -0.3 is 15.2 Å². The van der Waals surface area contributed by atoms with Crippen molar-refractivity contribution in [3.05, 3.63) is 58.2 Å². The molecule has 1 saturated heterocycles. The lowest BCUT2D eigenvalue weighted by molar-refractivity contribution is -0.118. The second-order valence-electron chi connectivity index (χ2n) is 8.13. The summed E-state index contributed by atoms with van der Waals surface area (Å²) < 4.78 is 28.5. The molecule has 7 nitrogen and oxygen atoms in total. The van der Waals surface area contributed by atoms with Crippen molar-refractivity contribution in [3.8, 4) is 0 Å². The van der Waals surface area contributed by atoms with Gasteiger partial charge in [-0.1, -0.05) is 17.7 Å². The fraction of sp³-hybridized carbons (Fsp3) is 0.318. The Bertz CT molecular complexity index is 1300. The highest BCUT2D eigenvalue weighted by molar-refractivity contribution is 7.89. The van der Waals surface area contributed by atoms with Crippen LogP contribution < -0.4 is 14.9 Å². The van der Waals surface area contributed by atoms with Crippen LogP contribution in [0.4, 0.5) is 5.69 Å². The van der Waals surface area contributed by atoms with E-state index in [0.717, 1.165) is 36.1 Å². The number of amides is 1. The number of nitrogens with zero attached hydrogens (tertiary/aromatic N) is 1. The fourth-order valence-corrected chi connectivity index (χ4v) is 5.92. The first-order chi connectivity index (χ1) is 14.8. The number of H-pyrrole nitrogens is 1. The van der Waals surface area contributed by atoms with E-state index in [0.29, 0.717) is 23.5 Å². The van der Waals surface area contributed by atoms with Crippen LogP contribution in [0.25, 0.3) is 10.9 Å². The van der Waals surface area contributed by atoms with E-state index in [1.165, 1.54) is 23.3 Å². The Labute approximate surface area is 185 Å². The summed E-state index contributed by atoms with van der Waals surface area (Å²) in [6, 6.07) is 8.12. The zero-order valence-electron chi connectivity index (χ0n) is 17.0. The number of halogens is 1. The number of hydrogen-bond donors (Lipinski definition) is 3. The Morgan fingerprint density at radius 3 is 2.87 bits per heavy atom. The van der Waals surface area contributed by atoms with Crippen LogP contribution in [0.15, 0.2) is 41.4 Å². The van der Waals surface area contributed by atoms with Crippen molar-refractivity contribution in [2.75, 3.05) is 18.0 Å². The third-order valence-corrected chi connectivity index (χ3v) is 7.89. The molecule has 2 aliphatic heterocycles. The largest absolute Gasteiger partial charge is 0.360 e. The maximum atomic E-state index is 13.1. The van der Waals surface area contributed by atoms with Gasteiger partial charge in [0, 0.05) is 35.9 Å². The van der Waals surface area contributed by atoms with Crippen LogP contribution in [0.1, 0.15) is 23.1 Å². The quantitative estimate of drug-likeness (QED) is 0.560. The zero-order chi connectivity index (χ0) is 21.8. The lowest BCUT2D eigenvalue weighted by Gasteiger charge is -2.24. The van der Waals surface area contributed by atoms with E-state index in [1.807, 2.05) is 6.92 Å². The topological polar surface area (TPSA) is 94.3 Å². The minimum absolute atomic E-state index is 0.0993. The number of nitrogens with one attached hydrogen (secondary N) is 3. The molecule has 31 heavy (non-hydrogen) atoms. The van der Waals surface area contributed by atoms with Crippen LogP contribution >= 0.6 is 11.6 Å². The van der Waals surface area contributed by atoms with E-state index in [2.05, 4.69) is 27.2 Å². The molecule has 3 N–H and O–H groups in total. The predicted molar refractivity (Wildman–Crippen MR) is 121 cm³/mol. The highest BCUT2D eigenvalue weighted by Gasteiger charge is 2.36. The van der Waals surface area contributed by atoms with Crippen LogP contribution in [0.5, 0.6) is 0 Å². The number of carbonyl (C=O) groups excluding carboxylic acids is 1. The number of aromatic nitrogens is 1. The highest BCUT2D eigenvalue weighted by atomic mass is 35.5. The first-order valence-corrected chi connectivity index (χ1v) is 12.1. The van der Waals surface area contributed by atoms with Gasteiger partial charge in [-0.3, -0.25) is 4.79 Å². The molecule has 0 saturated carbocycles. The monoisotopic (exact) mass is 458 g/mol. The summed E-state index contributed by atoms with van der Waals surface area (Å²) in [5.41, 5.74) is 5.03. The predicted octanol–water partition coefficient (Wildman–Crippen LogP) is 2.86. The van der Waals surface area contributed by atoms with E-state index in [-0.39, 0.29) is 10.8 Å². The Balaban J connectivity index is 1.38. The van der Waals surface area contributed by atoms with Gasteiger partial charge >= 0.3 is 0 Å². The average molecular weight is 459 g/mol. The Kier molecular flexibility index (Phi) is 5.05. The minimum atomic E-state index is -3.86. The second kappa shape index (κ2) is 7.63. The molecule has 9 heteroatoms. The number of sulfonamides is 1. The van der Waals surface area contributed by atoms with E-state index in [1.54, 1.807) is 17.2 Å². The third kappa shape index (κ3) is 3.63. The van der Waals surface area contributed by atoms with Crippen LogP contribution in [-0.4, -0.2) is 38.4 Å². The number of carbonyl (C=O) groups is 1. The van der Waals surface area contributed by atoms with E-state index in [4.69, 9.17) is 11.6 Å². The van der Waals surface area contributed by atoms with Gasteiger partial charge in [0.25, 0.3) is 0 Å². The summed E-state index contributed by atoms with van der Waals surface area (Å²) in [6.45, 7) is 4.23. The van der Waals surface area contributed by atoms with Crippen LogP contribution in [0.3, 0.4) is 0 Å². The molecule has 3 aromatic rings. The number of benzene rings is 2. The molecule has 5 rings (SSSR count). The number of rotatable bonds is 4. The molecular weight excluding hydrogens is 436 g/mol. The van der Waals surface area contributed by atoms with Gasteiger partial charge in [0.15, 0.2) is 0 Å². The molecule has 0 bridgehead atoms. The Morgan fingerprint density at radius 1 is 1.19 bits per heavy atom. The van der Waals surface area contributed by atoms with Gasteiger partial charge in [0.2, 0.25) is 15.9 Å². The Morgan fingerprint density at radius 2 is 2.03 bits per heavy atom. The second-order valence-corrected chi connectivity index (χ2v) is 10.3. The van der Waals surface area contributed by atoms with Gasteiger partial charge in [0.1, 0.15) is 6.04 Å². The molecule has 2 aromatic carbocycles. The lowest BCUT2D eigenvalue weighted by atomic mass is 9.97. The first kappa shape index (κ1) is 20.5. The number of hydrogen-bond acceptors (Lipinski definition) is 4. The molecule has 1 fully saturated rings. The van der Waals surface area contributed by atoms with Crippen molar-refractivity contribution in [1.82, 2.24) is 15.0 Å². The minimum Gasteiger partial charge on any atom is -0.360 e. The maximum absolute atomic E-state index is 13.1. The summed E-state index contributed by atoms with van der Waals surface area (Å²) in [7, 11) is -3.86. The summed E-state index contributed by atoms with van der Waals surface area (Å²) in [5.74, 6) is -0.218. The van der Waals surface area contributed by atoms with Gasteiger partial charge in [-0.05, 0) is 67.3 Å². The number of aromatic amines is 1. The number of fused-ring (bicyclic) bond motifs is 2. The van der Waals surface area contributed by atoms with Gasteiger partial charge in [-0.15, -0.1) is 0 Å². The normalized spacial score (nSPS) is 19.2. The molecule has 162 valence electrons. The highest BCUT2D eigenvalue weighted by Crippen LogP contribution is 2.31. The molecule has 0 aliphatic carbocycles. The molecule has 0 unspecified atom stereocenters. The summed E-state index contributed by atoms with van der Waals surface area (Å²) in [6.07, 6.45) is 2.96. The fourth-order valence-electron chi connectivity index (χ4n) is 4.45. The standard InChI is InChI=1S/C22H23ClN4O3S/c1-13-8-15-11-24-6-4-14(15)9-21(13)27-7-5-19(22(27)28)26-31(29,30)16-2-3-17-18(23)12-25-20(17)10-16/h2-3,8-10,12,19,24-26H,4-7,11H2,1H3/t19-/m0/s1. The van der Waals surface area contributed by atoms with Crippen molar-refractivity contribution in [2.45, 2.75) is 37.2 Å². The summed E-state index contributed by atoms with van der Waals surface area (Å²) in [5, 5.41) is 4.64. The van der Waals surface area contributed by atoms with Crippen molar-refractivity contribution >= 4 is 44.1 Å². The number of anilines is 1. The lowest BCUT2D eigenvalue weighted by Crippen LogP contribution is -2.41. The molecule has 0 radical (unpaired) electrons. The van der Waals surface area contributed by atoms with Crippen molar-refractivity contribution in [3.63, 3.8) is 0 Å². The Hall–Kier alpha value is -2.39. The first-order valence-electron chi connectivity index (χ1n) is 10.3.